The number of aryl methyl sites for hydroxylation is 1. The van der Waals surface area contributed by atoms with E-state index in [1.54, 1.807) is 19.1 Å². The van der Waals surface area contributed by atoms with Crippen LogP contribution >= 0.6 is 22.9 Å². The molecule has 2 amide bonds. The van der Waals surface area contributed by atoms with E-state index in [1.807, 2.05) is 0 Å². The van der Waals surface area contributed by atoms with Crippen LogP contribution in [0.25, 0.3) is 0 Å². The maximum atomic E-state index is 11.9. The second-order valence-corrected chi connectivity index (χ2v) is 6.85. The van der Waals surface area contributed by atoms with Gasteiger partial charge < -0.3 is 20.1 Å². The van der Waals surface area contributed by atoms with Crippen molar-refractivity contribution in [1.29, 1.82) is 0 Å². The molecule has 9 nitrogen and oxygen atoms in total. The molecule has 0 aliphatic carbocycles. The summed E-state index contributed by atoms with van der Waals surface area (Å²) in [5.74, 6) is -1.21. The second-order valence-electron chi connectivity index (χ2n) is 5.23. The fourth-order valence-electron chi connectivity index (χ4n) is 1.93. The third-order valence-corrected chi connectivity index (χ3v) is 4.12. The van der Waals surface area contributed by atoms with Gasteiger partial charge in [-0.2, -0.15) is 0 Å². The maximum absolute atomic E-state index is 11.9. The number of halogens is 1. The van der Waals surface area contributed by atoms with E-state index in [0.29, 0.717) is 26.6 Å². The molecule has 0 aliphatic rings. The summed E-state index contributed by atoms with van der Waals surface area (Å²) in [6.07, 6.45) is -0.265. The molecule has 11 heteroatoms. The van der Waals surface area contributed by atoms with Crippen molar-refractivity contribution in [3.8, 4) is 5.75 Å². The summed E-state index contributed by atoms with van der Waals surface area (Å²) in [6, 6.07) is 4.73. The average Bonchev–Trinajstić information content (AvgIpc) is 3.03. The first-order valence-corrected chi connectivity index (χ1v) is 8.96. The second kappa shape index (κ2) is 9.83. The van der Waals surface area contributed by atoms with Crippen molar-refractivity contribution in [1.82, 2.24) is 10.2 Å². The van der Waals surface area contributed by atoms with Gasteiger partial charge in [-0.3, -0.25) is 14.4 Å². The van der Waals surface area contributed by atoms with E-state index in [4.69, 9.17) is 21.1 Å². The number of nitrogens with one attached hydrogen (secondary N) is 2. The molecule has 27 heavy (non-hydrogen) atoms. The topological polar surface area (TPSA) is 120 Å². The van der Waals surface area contributed by atoms with Gasteiger partial charge in [-0.25, -0.2) is 0 Å². The molecule has 2 rings (SSSR count). The molecule has 0 spiro atoms. The normalized spacial score (nSPS) is 10.2. The number of aromatic nitrogens is 2. The van der Waals surface area contributed by atoms with Crippen LogP contribution in [0.3, 0.4) is 0 Å². The van der Waals surface area contributed by atoms with E-state index in [1.165, 1.54) is 24.5 Å². The van der Waals surface area contributed by atoms with Gasteiger partial charge in [0.25, 0.3) is 5.91 Å². The summed E-state index contributed by atoms with van der Waals surface area (Å²) in [5, 5.41) is 14.1. The first-order valence-electron chi connectivity index (χ1n) is 7.76. The minimum Gasteiger partial charge on any atom is -0.495 e. The van der Waals surface area contributed by atoms with Gasteiger partial charge in [-0.15, -0.1) is 10.2 Å². The highest BCUT2D eigenvalue weighted by Crippen LogP contribution is 2.27. The molecule has 0 aliphatic heterocycles. The zero-order chi connectivity index (χ0) is 19.8. The molecule has 1 heterocycles. The van der Waals surface area contributed by atoms with E-state index >= 15 is 0 Å². The Morgan fingerprint density at radius 2 is 1.93 bits per heavy atom. The van der Waals surface area contributed by atoms with Crippen LogP contribution < -0.4 is 15.4 Å². The van der Waals surface area contributed by atoms with Crippen LogP contribution in [-0.4, -0.2) is 41.7 Å². The number of benzene rings is 1. The van der Waals surface area contributed by atoms with Crippen LogP contribution in [0.2, 0.25) is 5.02 Å². The number of ether oxygens (including phenoxy) is 2. The van der Waals surface area contributed by atoms with Crippen molar-refractivity contribution in [3.05, 3.63) is 28.2 Å². The number of nitrogens with zero attached hydrogens (tertiary/aromatic N) is 2. The molecule has 0 fully saturated rings. The molecule has 0 bridgehead atoms. The van der Waals surface area contributed by atoms with Crippen LogP contribution in [-0.2, 0) is 19.1 Å². The van der Waals surface area contributed by atoms with Crippen molar-refractivity contribution in [2.45, 2.75) is 19.8 Å². The van der Waals surface area contributed by atoms with Gasteiger partial charge in [0.2, 0.25) is 11.0 Å². The average molecular weight is 413 g/mol. The zero-order valence-corrected chi connectivity index (χ0v) is 16.1. The molecular weight excluding hydrogens is 396 g/mol. The molecule has 2 aromatic rings. The van der Waals surface area contributed by atoms with Crippen LogP contribution in [0, 0.1) is 6.92 Å². The van der Waals surface area contributed by atoms with Crippen molar-refractivity contribution in [2.75, 3.05) is 24.4 Å². The van der Waals surface area contributed by atoms with Gasteiger partial charge >= 0.3 is 5.97 Å². The lowest BCUT2D eigenvalue weighted by atomic mass is 10.3. The van der Waals surface area contributed by atoms with Crippen LogP contribution in [0.5, 0.6) is 5.75 Å². The Labute approximate surface area is 164 Å². The largest absolute Gasteiger partial charge is 0.495 e. The van der Waals surface area contributed by atoms with Crippen LogP contribution in [0.1, 0.15) is 17.8 Å². The minimum atomic E-state index is -0.674. The number of anilines is 2. The Morgan fingerprint density at radius 3 is 2.59 bits per heavy atom. The van der Waals surface area contributed by atoms with Crippen molar-refractivity contribution >= 4 is 51.5 Å². The summed E-state index contributed by atoms with van der Waals surface area (Å²) in [6.45, 7) is 1.26. The number of carbonyl (C=O) groups is 3. The molecule has 0 saturated heterocycles. The summed E-state index contributed by atoms with van der Waals surface area (Å²) in [4.78, 5) is 35.3. The van der Waals surface area contributed by atoms with E-state index in [0.717, 1.165) is 0 Å². The first kappa shape index (κ1) is 20.6. The highest BCUT2D eigenvalue weighted by atomic mass is 35.5. The highest BCUT2D eigenvalue weighted by Gasteiger charge is 2.13. The maximum Gasteiger partial charge on any atom is 0.306 e. The number of hydrogen-bond donors (Lipinski definition) is 2. The number of esters is 1. The smallest absolute Gasteiger partial charge is 0.306 e. The molecule has 0 atom stereocenters. The summed E-state index contributed by atoms with van der Waals surface area (Å²) in [5.41, 5.74) is 0.359. The number of amides is 2. The Kier molecular flexibility index (Phi) is 7.50. The van der Waals surface area contributed by atoms with Crippen molar-refractivity contribution in [3.63, 3.8) is 0 Å². The third kappa shape index (κ3) is 6.83. The third-order valence-electron chi connectivity index (χ3n) is 3.13. The van der Waals surface area contributed by atoms with Gasteiger partial charge in [-0.1, -0.05) is 22.9 Å². The molecule has 0 radical (unpaired) electrons. The Hall–Kier alpha value is -2.72. The quantitative estimate of drug-likeness (QED) is 0.639. The Morgan fingerprint density at radius 1 is 1.15 bits per heavy atom. The number of methoxy groups -OCH3 is 1. The minimum absolute atomic E-state index is 0.0960. The standard InChI is InChI=1S/C16H17ClN4O5S/c1-9-20-21-16(27-9)19-13(22)5-6-15(24)26-8-14(23)18-11-7-10(17)3-4-12(11)25-2/h3-4,7H,5-6,8H2,1-2H3,(H,18,23)(H,19,21,22). The monoisotopic (exact) mass is 412 g/mol. The Bertz CT molecular complexity index is 842. The zero-order valence-electron chi connectivity index (χ0n) is 14.6. The van der Waals surface area contributed by atoms with Gasteiger partial charge in [0.15, 0.2) is 6.61 Å². The summed E-state index contributed by atoms with van der Waals surface area (Å²) in [7, 11) is 1.45. The van der Waals surface area contributed by atoms with E-state index in [9.17, 15) is 14.4 Å². The lowest BCUT2D eigenvalue weighted by Gasteiger charge is -2.10. The molecular formula is C16H17ClN4O5S. The Balaban J connectivity index is 1.72. The lowest BCUT2D eigenvalue weighted by Crippen LogP contribution is -2.22. The predicted molar refractivity (Wildman–Crippen MR) is 100 cm³/mol. The number of rotatable bonds is 8. The lowest BCUT2D eigenvalue weighted by molar-refractivity contribution is -0.147. The first-order chi connectivity index (χ1) is 12.9. The molecule has 0 saturated carbocycles. The summed E-state index contributed by atoms with van der Waals surface area (Å²) >= 11 is 7.10. The van der Waals surface area contributed by atoms with Crippen molar-refractivity contribution in [2.24, 2.45) is 0 Å². The van der Waals surface area contributed by atoms with Gasteiger partial charge in [-0.05, 0) is 25.1 Å². The fraction of sp³-hybridized carbons (Fsp3) is 0.312. The predicted octanol–water partition coefficient (Wildman–Crippen LogP) is 2.41. The molecule has 1 aromatic heterocycles. The van der Waals surface area contributed by atoms with Crippen LogP contribution in [0.4, 0.5) is 10.8 Å². The fourth-order valence-corrected chi connectivity index (χ4v) is 2.71. The molecule has 0 unspecified atom stereocenters. The summed E-state index contributed by atoms with van der Waals surface area (Å²) < 4.78 is 9.96. The molecule has 144 valence electrons. The van der Waals surface area contributed by atoms with Gasteiger partial charge in [0, 0.05) is 11.4 Å². The number of hydrogen-bond acceptors (Lipinski definition) is 8. The molecule has 2 N–H and O–H groups in total. The van der Waals surface area contributed by atoms with E-state index in [-0.39, 0.29) is 12.8 Å². The van der Waals surface area contributed by atoms with Gasteiger partial charge in [0.1, 0.15) is 10.8 Å². The van der Waals surface area contributed by atoms with Crippen LogP contribution in [0.15, 0.2) is 18.2 Å². The van der Waals surface area contributed by atoms with E-state index in [2.05, 4.69) is 20.8 Å². The SMILES string of the molecule is COc1ccc(Cl)cc1NC(=O)COC(=O)CCC(=O)Nc1nnc(C)s1. The van der Waals surface area contributed by atoms with Gasteiger partial charge in [0.05, 0.1) is 19.2 Å². The van der Waals surface area contributed by atoms with Crippen molar-refractivity contribution < 1.29 is 23.9 Å². The number of carbonyl (C=O) groups excluding carboxylic acids is 3. The highest BCUT2D eigenvalue weighted by molar-refractivity contribution is 7.15. The molecule has 1 aromatic carbocycles. The van der Waals surface area contributed by atoms with E-state index < -0.39 is 24.4 Å².